The molecule has 4 rings (SSSR count). The van der Waals surface area contributed by atoms with Crippen LogP contribution in [0.2, 0.25) is 0 Å². The summed E-state index contributed by atoms with van der Waals surface area (Å²) in [4.78, 5) is 28.8. The van der Waals surface area contributed by atoms with Crippen LogP contribution in [0.4, 0.5) is 10.1 Å². The van der Waals surface area contributed by atoms with Crippen LogP contribution in [-0.4, -0.2) is 48.7 Å². The summed E-state index contributed by atoms with van der Waals surface area (Å²) in [5, 5.41) is 0. The molecule has 1 fully saturated rings. The molecule has 1 amide bonds. The minimum atomic E-state index is -0.613. The number of aromatic nitrogens is 1. The number of benzene rings is 2. The molecular weight excluding hydrogens is 389 g/mol. The van der Waals surface area contributed by atoms with Crippen LogP contribution >= 0.6 is 0 Å². The lowest BCUT2D eigenvalue weighted by atomic mass is 10.2. The predicted molar refractivity (Wildman–Crippen MR) is 110 cm³/mol. The van der Waals surface area contributed by atoms with Crippen LogP contribution in [0.5, 0.6) is 5.75 Å². The van der Waals surface area contributed by atoms with Gasteiger partial charge in [0.1, 0.15) is 18.1 Å². The normalized spacial score (nSPS) is 14.1. The summed E-state index contributed by atoms with van der Waals surface area (Å²) in [5.41, 5.74) is 1.63. The summed E-state index contributed by atoms with van der Waals surface area (Å²) in [6, 6.07) is 13.5. The number of ether oxygens (including phenoxy) is 1. The zero-order chi connectivity index (χ0) is 21.1. The summed E-state index contributed by atoms with van der Waals surface area (Å²) in [6.07, 6.45) is 1.49. The molecular formula is C22H22FN3O4. The van der Waals surface area contributed by atoms with E-state index in [-0.39, 0.29) is 18.3 Å². The highest BCUT2D eigenvalue weighted by molar-refractivity contribution is 5.76. The molecule has 3 aromatic rings. The Labute approximate surface area is 172 Å². The van der Waals surface area contributed by atoms with Crippen molar-refractivity contribution in [3.05, 3.63) is 71.1 Å². The van der Waals surface area contributed by atoms with Gasteiger partial charge in [0.2, 0.25) is 5.91 Å². The van der Waals surface area contributed by atoms with Gasteiger partial charge in [-0.2, -0.15) is 0 Å². The molecule has 8 heteroatoms. The molecule has 0 radical (unpaired) electrons. The lowest BCUT2D eigenvalue weighted by molar-refractivity contribution is -0.132. The Balaban J connectivity index is 1.38. The molecule has 0 bridgehead atoms. The van der Waals surface area contributed by atoms with Crippen molar-refractivity contribution in [3.63, 3.8) is 0 Å². The highest BCUT2D eigenvalue weighted by Gasteiger charge is 2.22. The third-order valence-electron chi connectivity index (χ3n) is 5.19. The highest BCUT2D eigenvalue weighted by Crippen LogP contribution is 2.22. The Morgan fingerprint density at radius 3 is 2.53 bits per heavy atom. The molecule has 0 saturated carbocycles. The number of anilines is 1. The lowest BCUT2D eigenvalue weighted by Gasteiger charge is -2.36. The molecule has 0 unspecified atom stereocenters. The van der Waals surface area contributed by atoms with E-state index in [1.54, 1.807) is 12.0 Å². The summed E-state index contributed by atoms with van der Waals surface area (Å²) < 4.78 is 24.8. The van der Waals surface area contributed by atoms with Gasteiger partial charge in [-0.1, -0.05) is 6.07 Å². The van der Waals surface area contributed by atoms with Crippen LogP contribution in [0.15, 0.2) is 63.9 Å². The number of hydrogen-bond acceptors (Lipinski definition) is 5. The second kappa shape index (κ2) is 8.44. The van der Waals surface area contributed by atoms with E-state index in [1.807, 2.05) is 24.3 Å². The Kier molecular flexibility index (Phi) is 5.56. The average molecular weight is 411 g/mol. The molecule has 0 N–H and O–H groups in total. The van der Waals surface area contributed by atoms with Gasteiger partial charge in [-0.25, -0.2) is 9.18 Å². The third kappa shape index (κ3) is 4.22. The van der Waals surface area contributed by atoms with Crippen LogP contribution in [0, 0.1) is 5.82 Å². The highest BCUT2D eigenvalue weighted by atomic mass is 19.1. The van der Waals surface area contributed by atoms with E-state index in [4.69, 9.17) is 9.15 Å². The van der Waals surface area contributed by atoms with E-state index >= 15 is 0 Å². The van der Waals surface area contributed by atoms with Gasteiger partial charge in [-0.15, -0.1) is 0 Å². The van der Waals surface area contributed by atoms with Gasteiger partial charge in [0.05, 0.1) is 13.3 Å². The third-order valence-corrected chi connectivity index (χ3v) is 5.19. The first kappa shape index (κ1) is 19.8. The van der Waals surface area contributed by atoms with Gasteiger partial charge in [0, 0.05) is 43.5 Å². The van der Waals surface area contributed by atoms with Crippen molar-refractivity contribution in [1.82, 2.24) is 9.47 Å². The van der Waals surface area contributed by atoms with E-state index in [1.165, 1.54) is 35.0 Å². The molecule has 0 atom stereocenters. The minimum absolute atomic E-state index is 0.0946. The van der Waals surface area contributed by atoms with Crippen molar-refractivity contribution in [3.8, 4) is 17.1 Å². The Hall–Kier alpha value is -3.55. The largest absolute Gasteiger partial charge is 0.497 e. The second-order valence-electron chi connectivity index (χ2n) is 7.07. The van der Waals surface area contributed by atoms with E-state index in [9.17, 15) is 14.0 Å². The van der Waals surface area contributed by atoms with E-state index in [2.05, 4.69) is 4.90 Å². The molecule has 1 aromatic heterocycles. The number of oxazole rings is 1. The van der Waals surface area contributed by atoms with Crippen molar-refractivity contribution in [2.75, 3.05) is 38.2 Å². The van der Waals surface area contributed by atoms with Crippen molar-refractivity contribution in [2.45, 2.75) is 6.54 Å². The smallest absolute Gasteiger partial charge is 0.419 e. The van der Waals surface area contributed by atoms with Crippen LogP contribution in [0.1, 0.15) is 0 Å². The molecule has 1 saturated heterocycles. The number of methoxy groups -OCH3 is 1. The standard InChI is InChI=1S/C22H22FN3O4/c1-29-19-4-2-3-18(13-19)24-9-11-25(12-10-24)21(27)15-26-14-20(30-22(26)28)16-5-7-17(23)8-6-16/h2-8,13-14H,9-12,15H2,1H3. The molecule has 0 spiro atoms. The zero-order valence-electron chi connectivity index (χ0n) is 16.6. The SMILES string of the molecule is COc1cccc(N2CCN(C(=O)Cn3cc(-c4ccc(F)cc4)oc3=O)CC2)c1. The lowest BCUT2D eigenvalue weighted by Crippen LogP contribution is -2.50. The fourth-order valence-corrected chi connectivity index (χ4v) is 3.50. The van der Waals surface area contributed by atoms with Gasteiger partial charge in [-0.05, 0) is 36.4 Å². The van der Waals surface area contributed by atoms with Crippen molar-refractivity contribution in [1.29, 1.82) is 0 Å². The molecule has 30 heavy (non-hydrogen) atoms. The number of halogens is 1. The molecule has 1 aliphatic heterocycles. The Morgan fingerprint density at radius 1 is 1.10 bits per heavy atom. The average Bonchev–Trinajstić information content (AvgIpc) is 3.14. The van der Waals surface area contributed by atoms with Gasteiger partial charge in [0.15, 0.2) is 5.76 Å². The number of amides is 1. The number of carbonyl (C=O) groups excluding carboxylic acids is 1. The number of rotatable bonds is 5. The first-order valence-electron chi connectivity index (χ1n) is 9.66. The predicted octanol–water partition coefficient (Wildman–Crippen LogP) is 2.60. The maximum absolute atomic E-state index is 13.1. The van der Waals surface area contributed by atoms with E-state index < -0.39 is 5.76 Å². The van der Waals surface area contributed by atoms with E-state index in [0.29, 0.717) is 37.5 Å². The number of nitrogens with zero attached hydrogens (tertiary/aromatic N) is 3. The van der Waals surface area contributed by atoms with Gasteiger partial charge in [-0.3, -0.25) is 9.36 Å². The monoisotopic (exact) mass is 411 g/mol. The zero-order valence-corrected chi connectivity index (χ0v) is 16.6. The Bertz CT molecular complexity index is 1080. The molecule has 156 valence electrons. The molecule has 0 aliphatic carbocycles. The first-order chi connectivity index (χ1) is 14.5. The van der Waals surface area contributed by atoms with Crippen LogP contribution in [-0.2, 0) is 11.3 Å². The summed E-state index contributed by atoms with van der Waals surface area (Å²) >= 11 is 0. The summed E-state index contributed by atoms with van der Waals surface area (Å²) in [5.74, 6) is -0.0340. The number of carbonyl (C=O) groups is 1. The molecule has 2 heterocycles. The topological polar surface area (TPSA) is 67.9 Å². The van der Waals surface area contributed by atoms with Crippen LogP contribution in [0.25, 0.3) is 11.3 Å². The molecule has 2 aromatic carbocycles. The molecule has 7 nitrogen and oxygen atoms in total. The van der Waals surface area contributed by atoms with Gasteiger partial charge in [0.25, 0.3) is 0 Å². The fourth-order valence-electron chi connectivity index (χ4n) is 3.50. The summed E-state index contributed by atoms with van der Waals surface area (Å²) in [7, 11) is 1.63. The van der Waals surface area contributed by atoms with Gasteiger partial charge < -0.3 is 19.0 Å². The Morgan fingerprint density at radius 2 is 1.83 bits per heavy atom. The maximum Gasteiger partial charge on any atom is 0.419 e. The second-order valence-corrected chi connectivity index (χ2v) is 7.07. The fraction of sp³-hybridized carbons (Fsp3) is 0.273. The first-order valence-corrected chi connectivity index (χ1v) is 9.66. The van der Waals surface area contributed by atoms with Gasteiger partial charge >= 0.3 is 5.76 Å². The molecule has 1 aliphatic rings. The quantitative estimate of drug-likeness (QED) is 0.646. The number of hydrogen-bond donors (Lipinski definition) is 0. The maximum atomic E-state index is 13.1. The van der Waals surface area contributed by atoms with Crippen LogP contribution in [0.3, 0.4) is 0 Å². The minimum Gasteiger partial charge on any atom is -0.497 e. The van der Waals surface area contributed by atoms with E-state index in [0.717, 1.165) is 11.4 Å². The number of piperazine rings is 1. The van der Waals surface area contributed by atoms with Crippen molar-refractivity contribution in [2.24, 2.45) is 0 Å². The van der Waals surface area contributed by atoms with Crippen molar-refractivity contribution >= 4 is 11.6 Å². The van der Waals surface area contributed by atoms with Crippen molar-refractivity contribution < 1.29 is 18.3 Å². The summed E-state index contributed by atoms with van der Waals surface area (Å²) in [6.45, 7) is 2.42. The van der Waals surface area contributed by atoms with Crippen LogP contribution < -0.4 is 15.4 Å².